The Kier molecular flexibility index (Phi) is 4.84. The second kappa shape index (κ2) is 7.39. The first-order chi connectivity index (χ1) is 12.1. The highest BCUT2D eigenvalue weighted by molar-refractivity contribution is 5.91. The number of nitrogens with one attached hydrogen (secondary N) is 1. The molecule has 25 heavy (non-hydrogen) atoms. The van der Waals surface area contributed by atoms with Crippen LogP contribution in [0.2, 0.25) is 0 Å². The van der Waals surface area contributed by atoms with Crippen LogP contribution in [0.4, 0.5) is 0 Å². The minimum Gasteiger partial charge on any atom is -0.475 e. The molecule has 0 saturated heterocycles. The second-order valence-corrected chi connectivity index (χ2v) is 5.02. The summed E-state index contributed by atoms with van der Waals surface area (Å²) in [4.78, 5) is 23.2. The standard InChI is InChI=1S/C16H15N5O4/c1-21-15(22)7-5-12(20-21)16(23)17-8-10-25-14-6-4-11(18-19-14)13-3-2-9-24-13/h2-7,9H,8,10H2,1H3,(H,17,23). The van der Waals surface area contributed by atoms with E-state index in [-0.39, 0.29) is 24.4 Å². The average molecular weight is 341 g/mol. The molecule has 0 saturated carbocycles. The highest BCUT2D eigenvalue weighted by Gasteiger charge is 2.08. The van der Waals surface area contributed by atoms with Gasteiger partial charge in [0.15, 0.2) is 5.76 Å². The van der Waals surface area contributed by atoms with E-state index < -0.39 is 5.91 Å². The molecule has 3 aromatic rings. The van der Waals surface area contributed by atoms with Gasteiger partial charge in [-0.25, -0.2) is 4.68 Å². The topological polar surface area (TPSA) is 112 Å². The molecule has 0 aliphatic heterocycles. The van der Waals surface area contributed by atoms with Crippen molar-refractivity contribution in [1.29, 1.82) is 0 Å². The summed E-state index contributed by atoms with van der Waals surface area (Å²) in [5.41, 5.74) is 0.479. The van der Waals surface area contributed by atoms with Crippen molar-refractivity contribution in [2.24, 2.45) is 7.05 Å². The molecule has 3 rings (SSSR count). The van der Waals surface area contributed by atoms with E-state index in [9.17, 15) is 9.59 Å². The van der Waals surface area contributed by atoms with E-state index in [0.717, 1.165) is 4.68 Å². The summed E-state index contributed by atoms with van der Waals surface area (Å²) < 4.78 is 11.7. The average Bonchev–Trinajstić information content (AvgIpc) is 3.16. The van der Waals surface area contributed by atoms with E-state index in [1.54, 1.807) is 30.5 Å². The summed E-state index contributed by atoms with van der Waals surface area (Å²) in [6.45, 7) is 0.469. The first kappa shape index (κ1) is 16.4. The van der Waals surface area contributed by atoms with Gasteiger partial charge >= 0.3 is 0 Å². The highest BCUT2D eigenvalue weighted by atomic mass is 16.5. The fraction of sp³-hybridized carbons (Fsp3) is 0.188. The Morgan fingerprint density at radius 1 is 1.24 bits per heavy atom. The molecule has 1 amide bonds. The smallest absolute Gasteiger partial charge is 0.271 e. The molecule has 9 heteroatoms. The molecule has 128 valence electrons. The maximum absolute atomic E-state index is 11.9. The Bertz CT molecular complexity index is 903. The molecule has 0 spiro atoms. The molecule has 3 heterocycles. The first-order valence-corrected chi connectivity index (χ1v) is 7.46. The van der Waals surface area contributed by atoms with Crippen LogP contribution in [0.25, 0.3) is 11.5 Å². The van der Waals surface area contributed by atoms with Crippen LogP contribution in [0, 0.1) is 0 Å². The van der Waals surface area contributed by atoms with E-state index in [2.05, 4.69) is 20.6 Å². The molecule has 0 aliphatic carbocycles. The van der Waals surface area contributed by atoms with E-state index >= 15 is 0 Å². The van der Waals surface area contributed by atoms with Crippen molar-refractivity contribution in [1.82, 2.24) is 25.3 Å². The Labute approximate surface area is 142 Å². The summed E-state index contributed by atoms with van der Waals surface area (Å²) in [5, 5.41) is 14.4. The summed E-state index contributed by atoms with van der Waals surface area (Å²) in [6.07, 6.45) is 1.56. The van der Waals surface area contributed by atoms with Gasteiger partial charge in [-0.3, -0.25) is 9.59 Å². The van der Waals surface area contributed by atoms with Crippen molar-refractivity contribution >= 4 is 5.91 Å². The zero-order valence-electron chi connectivity index (χ0n) is 13.4. The lowest BCUT2D eigenvalue weighted by Crippen LogP contribution is -2.31. The van der Waals surface area contributed by atoms with Crippen molar-refractivity contribution < 1.29 is 13.9 Å². The highest BCUT2D eigenvalue weighted by Crippen LogP contribution is 2.17. The molecule has 9 nitrogen and oxygen atoms in total. The van der Waals surface area contributed by atoms with E-state index in [1.165, 1.54) is 19.2 Å². The van der Waals surface area contributed by atoms with Gasteiger partial charge in [0.05, 0.1) is 12.8 Å². The number of nitrogens with zero attached hydrogens (tertiary/aromatic N) is 4. The molecule has 0 atom stereocenters. The Morgan fingerprint density at radius 3 is 2.80 bits per heavy atom. The molecule has 0 radical (unpaired) electrons. The van der Waals surface area contributed by atoms with Crippen LogP contribution in [0.1, 0.15) is 10.5 Å². The molecular weight excluding hydrogens is 326 g/mol. The second-order valence-electron chi connectivity index (χ2n) is 5.02. The van der Waals surface area contributed by atoms with Crippen molar-refractivity contribution in [2.75, 3.05) is 13.2 Å². The van der Waals surface area contributed by atoms with Crippen molar-refractivity contribution in [3.05, 3.63) is 58.7 Å². The number of aromatic nitrogens is 4. The van der Waals surface area contributed by atoms with Gasteiger partial charge in [0.25, 0.3) is 11.5 Å². The number of carbonyl (C=O) groups excluding carboxylic acids is 1. The van der Waals surface area contributed by atoms with Gasteiger partial charge in [0.1, 0.15) is 18.0 Å². The molecule has 3 aromatic heterocycles. The van der Waals surface area contributed by atoms with Crippen LogP contribution >= 0.6 is 0 Å². The number of ether oxygens (including phenoxy) is 1. The van der Waals surface area contributed by atoms with Gasteiger partial charge in [-0.1, -0.05) is 0 Å². The Hall–Kier alpha value is -3.49. The number of furan rings is 1. The van der Waals surface area contributed by atoms with E-state index in [1.807, 2.05) is 0 Å². The zero-order chi connectivity index (χ0) is 17.6. The lowest BCUT2D eigenvalue weighted by atomic mass is 10.3. The third-order valence-corrected chi connectivity index (χ3v) is 3.24. The summed E-state index contributed by atoms with van der Waals surface area (Å²) >= 11 is 0. The summed E-state index contributed by atoms with van der Waals surface area (Å²) in [6, 6.07) is 9.61. The van der Waals surface area contributed by atoms with Gasteiger partial charge in [0, 0.05) is 19.2 Å². The first-order valence-electron chi connectivity index (χ1n) is 7.46. The lowest BCUT2D eigenvalue weighted by molar-refractivity contribution is 0.0939. The largest absolute Gasteiger partial charge is 0.475 e. The lowest BCUT2D eigenvalue weighted by Gasteiger charge is -2.07. The van der Waals surface area contributed by atoms with E-state index in [4.69, 9.17) is 9.15 Å². The number of rotatable bonds is 6. The van der Waals surface area contributed by atoms with Crippen molar-refractivity contribution in [3.8, 4) is 17.3 Å². The van der Waals surface area contributed by atoms with Gasteiger partial charge in [-0.2, -0.15) is 5.10 Å². The molecule has 0 fully saturated rings. The third kappa shape index (κ3) is 4.08. The Balaban J connectivity index is 1.47. The van der Waals surface area contributed by atoms with Crippen LogP contribution in [0.3, 0.4) is 0 Å². The van der Waals surface area contributed by atoms with Crippen LogP contribution in [0.5, 0.6) is 5.88 Å². The Morgan fingerprint density at radius 2 is 2.12 bits per heavy atom. The third-order valence-electron chi connectivity index (χ3n) is 3.24. The number of amides is 1. The summed E-state index contributed by atoms with van der Waals surface area (Å²) in [7, 11) is 1.48. The molecule has 0 unspecified atom stereocenters. The monoisotopic (exact) mass is 341 g/mol. The van der Waals surface area contributed by atoms with Gasteiger partial charge in [-0.15, -0.1) is 10.2 Å². The minimum atomic E-state index is -0.390. The maximum atomic E-state index is 11.9. The van der Waals surface area contributed by atoms with E-state index in [0.29, 0.717) is 17.3 Å². The van der Waals surface area contributed by atoms with Crippen molar-refractivity contribution in [2.45, 2.75) is 0 Å². The van der Waals surface area contributed by atoms with Gasteiger partial charge in [0.2, 0.25) is 5.88 Å². The number of aryl methyl sites for hydroxylation is 1. The predicted octanol–water partition coefficient (Wildman–Crippen LogP) is 0.639. The summed E-state index contributed by atoms with van der Waals surface area (Å²) in [5.74, 6) is 0.569. The SMILES string of the molecule is Cn1nc(C(=O)NCCOc2ccc(-c3ccco3)nn2)ccc1=O. The predicted molar refractivity (Wildman–Crippen MR) is 87.0 cm³/mol. The van der Waals surface area contributed by atoms with Crippen LogP contribution < -0.4 is 15.6 Å². The molecular formula is C16H15N5O4. The van der Waals surface area contributed by atoms with Gasteiger partial charge in [-0.05, 0) is 24.3 Å². The molecule has 0 bridgehead atoms. The number of hydrogen-bond acceptors (Lipinski definition) is 7. The molecule has 0 aromatic carbocycles. The maximum Gasteiger partial charge on any atom is 0.271 e. The fourth-order valence-corrected chi connectivity index (χ4v) is 1.99. The number of carbonyl (C=O) groups is 1. The molecule has 1 N–H and O–H groups in total. The minimum absolute atomic E-state index is 0.157. The van der Waals surface area contributed by atoms with Crippen LogP contribution in [0.15, 0.2) is 51.9 Å². The quantitative estimate of drug-likeness (QED) is 0.655. The number of hydrogen-bond donors (Lipinski definition) is 1. The molecule has 0 aliphatic rings. The van der Waals surface area contributed by atoms with Crippen LogP contribution in [-0.2, 0) is 7.05 Å². The zero-order valence-corrected chi connectivity index (χ0v) is 13.4. The fourth-order valence-electron chi connectivity index (χ4n) is 1.99. The van der Waals surface area contributed by atoms with Crippen molar-refractivity contribution in [3.63, 3.8) is 0 Å². The normalized spacial score (nSPS) is 10.4. The van der Waals surface area contributed by atoms with Crippen LogP contribution in [-0.4, -0.2) is 39.0 Å². The van der Waals surface area contributed by atoms with Gasteiger partial charge < -0.3 is 14.5 Å².